The quantitative estimate of drug-likeness (QED) is 0.693. The van der Waals surface area contributed by atoms with Crippen LogP contribution in [0.25, 0.3) is 0 Å². The summed E-state index contributed by atoms with van der Waals surface area (Å²) in [5.74, 6) is -0.165. The number of hydrogen-bond donors (Lipinski definition) is 3. The van der Waals surface area contributed by atoms with Gasteiger partial charge in [0.05, 0.1) is 18.6 Å². The molecule has 0 aliphatic rings. The van der Waals surface area contributed by atoms with Crippen LogP contribution in [0.2, 0.25) is 0 Å². The number of hydrogen-bond acceptors (Lipinski definition) is 3. The van der Waals surface area contributed by atoms with Crippen LogP contribution in [0, 0.1) is 5.92 Å². The van der Waals surface area contributed by atoms with Gasteiger partial charge >= 0.3 is 0 Å². The summed E-state index contributed by atoms with van der Waals surface area (Å²) in [6.07, 6.45) is 0. The monoisotopic (exact) mass is 250 g/mol. The third-order valence-electron chi connectivity index (χ3n) is 3.13. The van der Waals surface area contributed by atoms with Crippen molar-refractivity contribution in [2.45, 2.75) is 32.7 Å². The summed E-state index contributed by atoms with van der Waals surface area (Å²) >= 11 is 0. The van der Waals surface area contributed by atoms with E-state index in [0.29, 0.717) is 5.69 Å². The maximum Gasteiger partial charge on any atom is 0.227 e. The normalized spacial score (nSPS) is 14.3. The maximum absolute atomic E-state index is 12.1. The summed E-state index contributed by atoms with van der Waals surface area (Å²) in [6, 6.07) is 7.09. The Kier molecular flexibility index (Phi) is 5.16. The van der Waals surface area contributed by atoms with Crippen LogP contribution in [-0.4, -0.2) is 23.7 Å². The van der Waals surface area contributed by atoms with Crippen LogP contribution in [0.3, 0.4) is 0 Å². The molecule has 0 saturated heterocycles. The lowest BCUT2D eigenvalue weighted by Gasteiger charge is -2.22. The van der Waals surface area contributed by atoms with Gasteiger partial charge in [0.25, 0.3) is 0 Å². The van der Waals surface area contributed by atoms with Crippen LogP contribution in [-0.2, 0) is 4.79 Å². The molecule has 0 spiro atoms. The lowest BCUT2D eigenvalue weighted by molar-refractivity contribution is -0.123. The fourth-order valence-corrected chi connectivity index (χ4v) is 1.71. The number of carbonyl (C=O) groups is 1. The Hall–Kier alpha value is -1.55. The van der Waals surface area contributed by atoms with Gasteiger partial charge in [-0.2, -0.15) is 0 Å². The van der Waals surface area contributed by atoms with Gasteiger partial charge in [0.15, 0.2) is 0 Å². The molecule has 4 N–H and O–H groups in total. The zero-order valence-electron chi connectivity index (χ0n) is 11.2. The lowest BCUT2D eigenvalue weighted by atomic mass is 9.98. The Labute approximate surface area is 108 Å². The molecular formula is C14H22N2O2. The van der Waals surface area contributed by atoms with E-state index in [-0.39, 0.29) is 30.4 Å². The number of nitrogens with one attached hydrogen (secondary N) is 1. The predicted octanol–water partition coefficient (Wildman–Crippen LogP) is 1.51. The molecule has 0 heterocycles. The van der Waals surface area contributed by atoms with Gasteiger partial charge in [-0.05, 0) is 30.5 Å². The number of benzene rings is 1. The molecule has 0 fully saturated rings. The molecule has 1 amide bonds. The average Bonchev–Trinajstić information content (AvgIpc) is 2.34. The van der Waals surface area contributed by atoms with Crippen molar-refractivity contribution in [2.75, 3.05) is 12.3 Å². The van der Waals surface area contributed by atoms with Crippen LogP contribution in [0.1, 0.15) is 32.3 Å². The predicted molar refractivity (Wildman–Crippen MR) is 73.1 cm³/mol. The smallest absolute Gasteiger partial charge is 0.227 e. The summed E-state index contributed by atoms with van der Waals surface area (Å²) in [7, 11) is 0. The third-order valence-corrected chi connectivity index (χ3v) is 3.13. The molecule has 2 atom stereocenters. The van der Waals surface area contributed by atoms with E-state index in [4.69, 9.17) is 5.73 Å². The van der Waals surface area contributed by atoms with Gasteiger partial charge in [0.2, 0.25) is 5.91 Å². The van der Waals surface area contributed by atoms with Crippen molar-refractivity contribution >= 4 is 11.6 Å². The zero-order chi connectivity index (χ0) is 13.7. The molecule has 18 heavy (non-hydrogen) atoms. The molecule has 1 aromatic carbocycles. The number of aliphatic hydroxyl groups excluding tert-OH is 1. The number of nitrogen functional groups attached to an aromatic ring is 1. The summed E-state index contributed by atoms with van der Waals surface area (Å²) in [6.45, 7) is 5.71. The van der Waals surface area contributed by atoms with Gasteiger partial charge in [-0.15, -0.1) is 0 Å². The minimum absolute atomic E-state index is 0.0486. The Morgan fingerprint density at radius 3 is 2.56 bits per heavy atom. The minimum Gasteiger partial charge on any atom is -0.399 e. The van der Waals surface area contributed by atoms with Crippen LogP contribution in [0.15, 0.2) is 24.3 Å². The molecule has 0 aromatic heterocycles. The lowest BCUT2D eigenvalue weighted by Crippen LogP contribution is -2.42. The van der Waals surface area contributed by atoms with Crippen LogP contribution in [0.5, 0.6) is 0 Å². The Balaban J connectivity index is 2.72. The maximum atomic E-state index is 12.1. The molecule has 1 aromatic rings. The van der Waals surface area contributed by atoms with Crippen molar-refractivity contribution in [3.8, 4) is 0 Å². The number of amides is 1. The molecule has 0 saturated carbocycles. The van der Waals surface area contributed by atoms with Crippen LogP contribution >= 0.6 is 0 Å². The molecule has 0 aliphatic heterocycles. The highest BCUT2D eigenvalue weighted by Crippen LogP contribution is 2.18. The number of rotatable bonds is 5. The van der Waals surface area contributed by atoms with Gasteiger partial charge in [0.1, 0.15) is 0 Å². The van der Waals surface area contributed by atoms with Gasteiger partial charge in [-0.1, -0.05) is 26.0 Å². The fourth-order valence-electron chi connectivity index (χ4n) is 1.71. The molecule has 4 heteroatoms. The summed E-state index contributed by atoms with van der Waals surface area (Å²) in [4.78, 5) is 12.1. The molecule has 1 unspecified atom stereocenters. The second-order valence-corrected chi connectivity index (χ2v) is 4.93. The summed E-state index contributed by atoms with van der Waals surface area (Å²) in [5, 5.41) is 12.1. The van der Waals surface area contributed by atoms with Crippen molar-refractivity contribution in [1.29, 1.82) is 0 Å². The zero-order valence-corrected chi connectivity index (χ0v) is 11.2. The molecule has 1 rings (SSSR count). The molecule has 0 aliphatic carbocycles. The van der Waals surface area contributed by atoms with E-state index in [0.717, 1.165) is 5.56 Å². The fraction of sp³-hybridized carbons (Fsp3) is 0.500. The van der Waals surface area contributed by atoms with Crippen molar-refractivity contribution in [1.82, 2.24) is 5.32 Å². The number of aliphatic hydroxyl groups is 1. The molecule has 0 radical (unpaired) electrons. The topological polar surface area (TPSA) is 75.3 Å². The Morgan fingerprint density at radius 1 is 1.39 bits per heavy atom. The summed E-state index contributed by atoms with van der Waals surface area (Å²) in [5.41, 5.74) is 7.23. The second-order valence-electron chi connectivity index (χ2n) is 4.93. The first-order chi connectivity index (χ1) is 8.45. The van der Waals surface area contributed by atoms with Gasteiger partial charge in [0, 0.05) is 5.69 Å². The van der Waals surface area contributed by atoms with Crippen LogP contribution < -0.4 is 11.1 Å². The van der Waals surface area contributed by atoms with E-state index >= 15 is 0 Å². The Morgan fingerprint density at radius 2 is 2.06 bits per heavy atom. The first-order valence-electron chi connectivity index (χ1n) is 6.22. The SMILES string of the molecule is CC(C(=O)N[C@H](CO)C(C)C)c1cccc(N)c1. The first-order valence-corrected chi connectivity index (χ1v) is 6.22. The first kappa shape index (κ1) is 14.5. The largest absolute Gasteiger partial charge is 0.399 e. The van der Waals surface area contributed by atoms with Gasteiger partial charge < -0.3 is 16.2 Å². The molecular weight excluding hydrogens is 228 g/mol. The number of anilines is 1. The van der Waals surface area contributed by atoms with Crippen molar-refractivity contribution in [2.24, 2.45) is 5.92 Å². The number of carbonyl (C=O) groups excluding carboxylic acids is 1. The molecule has 0 bridgehead atoms. The molecule has 100 valence electrons. The van der Waals surface area contributed by atoms with E-state index in [1.807, 2.05) is 32.9 Å². The van der Waals surface area contributed by atoms with Crippen molar-refractivity contribution < 1.29 is 9.90 Å². The summed E-state index contributed by atoms with van der Waals surface area (Å²) < 4.78 is 0. The standard InChI is InChI=1S/C14H22N2O2/c1-9(2)13(8-17)16-14(18)10(3)11-5-4-6-12(15)7-11/h4-7,9-10,13,17H,8,15H2,1-3H3,(H,16,18)/t10?,13-/m1/s1. The van der Waals surface area contributed by atoms with E-state index in [1.54, 1.807) is 12.1 Å². The van der Waals surface area contributed by atoms with Gasteiger partial charge in [-0.3, -0.25) is 4.79 Å². The average molecular weight is 250 g/mol. The van der Waals surface area contributed by atoms with E-state index in [1.165, 1.54) is 0 Å². The highest BCUT2D eigenvalue weighted by molar-refractivity contribution is 5.83. The molecule has 4 nitrogen and oxygen atoms in total. The van der Waals surface area contributed by atoms with E-state index < -0.39 is 0 Å². The van der Waals surface area contributed by atoms with Crippen molar-refractivity contribution in [3.63, 3.8) is 0 Å². The highest BCUT2D eigenvalue weighted by Gasteiger charge is 2.20. The van der Waals surface area contributed by atoms with Crippen molar-refractivity contribution in [3.05, 3.63) is 29.8 Å². The second kappa shape index (κ2) is 6.40. The van der Waals surface area contributed by atoms with Crippen LogP contribution in [0.4, 0.5) is 5.69 Å². The van der Waals surface area contributed by atoms with E-state index in [9.17, 15) is 9.90 Å². The Bertz CT molecular complexity index is 405. The minimum atomic E-state index is -0.277. The van der Waals surface area contributed by atoms with Gasteiger partial charge in [-0.25, -0.2) is 0 Å². The highest BCUT2D eigenvalue weighted by atomic mass is 16.3. The van der Waals surface area contributed by atoms with E-state index in [2.05, 4.69) is 5.32 Å². The number of nitrogens with two attached hydrogens (primary N) is 1. The third kappa shape index (κ3) is 3.74.